The lowest BCUT2D eigenvalue weighted by Gasteiger charge is -2.04. The number of aromatic nitrogens is 2. The van der Waals surface area contributed by atoms with Crippen LogP contribution in [0, 0.1) is 0 Å². The first-order chi connectivity index (χ1) is 7.79. The van der Waals surface area contributed by atoms with E-state index in [0.29, 0.717) is 24.2 Å². The van der Waals surface area contributed by atoms with Gasteiger partial charge in [0.05, 0.1) is 0 Å². The standard InChI is InChI=1S/C11H14N4O/c1-2-6-12-11-13-7-5-9(15-11)10(16)14-8-3-4-8/h2,5,7-8H,1,3-4,6H2,(H,14,16)(H,12,13,15). The third kappa shape index (κ3) is 2.79. The van der Waals surface area contributed by atoms with Gasteiger partial charge in [0.15, 0.2) is 0 Å². The van der Waals surface area contributed by atoms with Crippen LogP contribution in [0.25, 0.3) is 0 Å². The van der Waals surface area contributed by atoms with Crippen LogP contribution in [0.15, 0.2) is 24.9 Å². The highest BCUT2D eigenvalue weighted by Gasteiger charge is 2.24. The van der Waals surface area contributed by atoms with Crippen LogP contribution in [0.5, 0.6) is 0 Å². The summed E-state index contributed by atoms with van der Waals surface area (Å²) < 4.78 is 0. The fourth-order valence-corrected chi connectivity index (χ4v) is 1.22. The molecule has 0 radical (unpaired) electrons. The van der Waals surface area contributed by atoms with Crippen LogP contribution in [0.2, 0.25) is 0 Å². The fraction of sp³-hybridized carbons (Fsp3) is 0.364. The van der Waals surface area contributed by atoms with Gasteiger partial charge in [0, 0.05) is 18.8 Å². The minimum absolute atomic E-state index is 0.133. The van der Waals surface area contributed by atoms with Crippen LogP contribution in [-0.4, -0.2) is 28.5 Å². The molecule has 0 bridgehead atoms. The molecule has 0 unspecified atom stereocenters. The van der Waals surface area contributed by atoms with Gasteiger partial charge in [-0.2, -0.15) is 0 Å². The first kappa shape index (κ1) is 10.6. The Morgan fingerprint density at radius 2 is 2.44 bits per heavy atom. The SMILES string of the molecule is C=CCNc1nccc(C(=O)NC2CC2)n1. The number of carbonyl (C=O) groups is 1. The normalized spacial score (nSPS) is 14.2. The first-order valence-electron chi connectivity index (χ1n) is 5.28. The molecule has 0 aromatic carbocycles. The summed E-state index contributed by atoms with van der Waals surface area (Å²) in [5.41, 5.74) is 0.397. The zero-order valence-electron chi connectivity index (χ0n) is 8.94. The molecule has 1 aromatic rings. The molecule has 1 saturated carbocycles. The van der Waals surface area contributed by atoms with Crippen molar-refractivity contribution < 1.29 is 4.79 Å². The van der Waals surface area contributed by atoms with Crippen molar-refractivity contribution in [2.45, 2.75) is 18.9 Å². The fourth-order valence-electron chi connectivity index (χ4n) is 1.22. The summed E-state index contributed by atoms with van der Waals surface area (Å²) in [6.07, 6.45) is 5.41. The van der Waals surface area contributed by atoms with Gasteiger partial charge in [-0.3, -0.25) is 4.79 Å². The second-order valence-corrected chi connectivity index (χ2v) is 3.68. The van der Waals surface area contributed by atoms with E-state index in [1.165, 1.54) is 0 Å². The Hall–Kier alpha value is -1.91. The van der Waals surface area contributed by atoms with Crippen LogP contribution in [0.4, 0.5) is 5.95 Å². The van der Waals surface area contributed by atoms with Crippen molar-refractivity contribution >= 4 is 11.9 Å². The van der Waals surface area contributed by atoms with Crippen LogP contribution in [-0.2, 0) is 0 Å². The van der Waals surface area contributed by atoms with E-state index in [2.05, 4.69) is 27.2 Å². The molecular weight excluding hydrogens is 204 g/mol. The third-order valence-electron chi connectivity index (χ3n) is 2.21. The predicted molar refractivity (Wildman–Crippen MR) is 61.2 cm³/mol. The van der Waals surface area contributed by atoms with Crippen molar-refractivity contribution in [2.24, 2.45) is 0 Å². The lowest BCUT2D eigenvalue weighted by Crippen LogP contribution is -2.26. The number of hydrogen-bond acceptors (Lipinski definition) is 4. The molecule has 1 fully saturated rings. The summed E-state index contributed by atoms with van der Waals surface area (Å²) in [4.78, 5) is 19.8. The van der Waals surface area contributed by atoms with Crippen molar-refractivity contribution in [3.8, 4) is 0 Å². The molecule has 1 aromatic heterocycles. The van der Waals surface area contributed by atoms with Crippen LogP contribution < -0.4 is 10.6 Å². The van der Waals surface area contributed by atoms with Crippen LogP contribution >= 0.6 is 0 Å². The van der Waals surface area contributed by atoms with Gasteiger partial charge >= 0.3 is 0 Å². The Labute approximate surface area is 94.0 Å². The van der Waals surface area contributed by atoms with Gasteiger partial charge in [-0.15, -0.1) is 6.58 Å². The minimum atomic E-state index is -0.133. The van der Waals surface area contributed by atoms with Crippen molar-refractivity contribution in [1.29, 1.82) is 0 Å². The van der Waals surface area contributed by atoms with E-state index in [1.54, 1.807) is 18.3 Å². The van der Waals surface area contributed by atoms with Gasteiger partial charge in [0.25, 0.3) is 5.91 Å². The van der Waals surface area contributed by atoms with E-state index in [9.17, 15) is 4.79 Å². The average molecular weight is 218 g/mol. The summed E-state index contributed by atoms with van der Waals surface area (Å²) in [6, 6.07) is 1.95. The highest BCUT2D eigenvalue weighted by Crippen LogP contribution is 2.19. The van der Waals surface area contributed by atoms with Gasteiger partial charge < -0.3 is 10.6 Å². The summed E-state index contributed by atoms with van der Waals surface area (Å²) in [6.45, 7) is 4.16. The molecule has 84 valence electrons. The lowest BCUT2D eigenvalue weighted by atomic mass is 10.4. The van der Waals surface area contributed by atoms with Gasteiger partial charge in [-0.25, -0.2) is 9.97 Å². The monoisotopic (exact) mass is 218 g/mol. The van der Waals surface area contributed by atoms with E-state index >= 15 is 0 Å². The number of carbonyl (C=O) groups excluding carboxylic acids is 1. The van der Waals surface area contributed by atoms with E-state index in [0.717, 1.165) is 12.8 Å². The highest BCUT2D eigenvalue weighted by molar-refractivity contribution is 5.92. The van der Waals surface area contributed by atoms with Crippen molar-refractivity contribution in [2.75, 3.05) is 11.9 Å². The molecule has 0 aliphatic heterocycles. The summed E-state index contributed by atoms with van der Waals surface area (Å²) in [7, 11) is 0. The highest BCUT2D eigenvalue weighted by atomic mass is 16.2. The molecule has 0 atom stereocenters. The van der Waals surface area contributed by atoms with Gasteiger partial charge in [0.1, 0.15) is 5.69 Å². The number of hydrogen-bond donors (Lipinski definition) is 2. The molecule has 1 aliphatic carbocycles. The number of nitrogens with one attached hydrogen (secondary N) is 2. The molecule has 0 spiro atoms. The van der Waals surface area contributed by atoms with Gasteiger partial charge in [-0.1, -0.05) is 6.08 Å². The van der Waals surface area contributed by atoms with Crippen LogP contribution in [0.3, 0.4) is 0 Å². The van der Waals surface area contributed by atoms with E-state index in [4.69, 9.17) is 0 Å². The van der Waals surface area contributed by atoms with Gasteiger partial charge in [-0.05, 0) is 18.9 Å². The molecule has 2 rings (SSSR count). The van der Waals surface area contributed by atoms with Crippen LogP contribution in [0.1, 0.15) is 23.3 Å². The molecule has 5 nitrogen and oxygen atoms in total. The molecule has 0 saturated heterocycles. The molecule has 5 heteroatoms. The van der Waals surface area contributed by atoms with E-state index in [-0.39, 0.29) is 5.91 Å². The van der Waals surface area contributed by atoms with Crippen molar-refractivity contribution in [3.63, 3.8) is 0 Å². The Morgan fingerprint density at radius 1 is 1.62 bits per heavy atom. The number of nitrogens with zero attached hydrogens (tertiary/aromatic N) is 2. The first-order valence-corrected chi connectivity index (χ1v) is 5.28. The topological polar surface area (TPSA) is 66.9 Å². The zero-order chi connectivity index (χ0) is 11.4. The molecule has 1 aliphatic rings. The Bertz CT molecular complexity index is 401. The van der Waals surface area contributed by atoms with E-state index in [1.807, 2.05) is 0 Å². The summed E-state index contributed by atoms with van der Waals surface area (Å²) in [5, 5.41) is 5.81. The lowest BCUT2D eigenvalue weighted by molar-refractivity contribution is 0.0946. The smallest absolute Gasteiger partial charge is 0.270 e. The largest absolute Gasteiger partial charge is 0.351 e. The Kier molecular flexibility index (Phi) is 3.14. The Balaban J connectivity index is 2.01. The molecular formula is C11H14N4O. The zero-order valence-corrected chi connectivity index (χ0v) is 8.94. The predicted octanol–water partition coefficient (Wildman–Crippen LogP) is 0.967. The minimum Gasteiger partial charge on any atom is -0.351 e. The van der Waals surface area contributed by atoms with Gasteiger partial charge in [0.2, 0.25) is 5.95 Å². The maximum atomic E-state index is 11.7. The average Bonchev–Trinajstić information content (AvgIpc) is 3.10. The van der Waals surface area contributed by atoms with Crippen molar-refractivity contribution in [1.82, 2.24) is 15.3 Å². The number of rotatable bonds is 5. The molecule has 1 heterocycles. The summed E-state index contributed by atoms with van der Waals surface area (Å²) in [5.74, 6) is 0.315. The molecule has 1 amide bonds. The van der Waals surface area contributed by atoms with E-state index < -0.39 is 0 Å². The molecule has 16 heavy (non-hydrogen) atoms. The maximum absolute atomic E-state index is 11.7. The number of anilines is 1. The second-order valence-electron chi connectivity index (χ2n) is 3.68. The quantitative estimate of drug-likeness (QED) is 0.722. The number of amides is 1. The maximum Gasteiger partial charge on any atom is 0.270 e. The second kappa shape index (κ2) is 4.74. The van der Waals surface area contributed by atoms with Crippen molar-refractivity contribution in [3.05, 3.63) is 30.6 Å². The summed E-state index contributed by atoms with van der Waals surface area (Å²) >= 11 is 0. The molecule has 2 N–H and O–H groups in total. The third-order valence-corrected chi connectivity index (χ3v) is 2.21. The Morgan fingerprint density at radius 3 is 3.12 bits per heavy atom.